The van der Waals surface area contributed by atoms with Gasteiger partial charge in [0.25, 0.3) is 5.91 Å². The van der Waals surface area contributed by atoms with E-state index in [2.05, 4.69) is 10.2 Å². The van der Waals surface area contributed by atoms with E-state index >= 15 is 0 Å². The molecule has 0 bridgehead atoms. The van der Waals surface area contributed by atoms with Gasteiger partial charge in [-0.1, -0.05) is 13.8 Å². The molecule has 6 heteroatoms. The van der Waals surface area contributed by atoms with Gasteiger partial charge in [-0.3, -0.25) is 9.59 Å². The quantitative estimate of drug-likeness (QED) is 0.659. The van der Waals surface area contributed by atoms with Gasteiger partial charge in [-0.05, 0) is 32.2 Å². The first-order chi connectivity index (χ1) is 9.23. The normalized spacial score (nSPS) is 20.6. The Hall–Kier alpha value is -1.14. The van der Waals surface area contributed by atoms with Crippen LogP contribution < -0.4 is 5.32 Å². The number of nitrogens with one attached hydrogen (secondary N) is 1. The molecule has 1 heterocycles. The summed E-state index contributed by atoms with van der Waals surface area (Å²) in [6, 6.07) is -0.427. The Morgan fingerprint density at radius 1 is 1.30 bits per heavy atom. The van der Waals surface area contributed by atoms with Crippen LogP contribution in [0, 0.1) is 5.92 Å². The Morgan fingerprint density at radius 3 is 2.30 bits per heavy atom. The molecule has 0 unspecified atom stereocenters. The van der Waals surface area contributed by atoms with Crippen LogP contribution in [0.4, 0.5) is 0 Å². The highest BCUT2D eigenvalue weighted by Crippen LogP contribution is 2.22. The Labute approximate surface area is 120 Å². The minimum atomic E-state index is -1.36. The molecule has 3 N–H and O–H groups in total. The van der Waals surface area contributed by atoms with Gasteiger partial charge in [0.2, 0.25) is 0 Å². The van der Waals surface area contributed by atoms with Crippen molar-refractivity contribution in [2.45, 2.75) is 51.2 Å². The second-order valence-electron chi connectivity index (χ2n) is 6.23. The number of rotatable bonds is 6. The molecule has 1 fully saturated rings. The molecule has 1 amide bonds. The second kappa shape index (κ2) is 7.04. The topological polar surface area (TPSA) is 89.9 Å². The van der Waals surface area contributed by atoms with E-state index in [1.807, 2.05) is 20.9 Å². The van der Waals surface area contributed by atoms with E-state index in [0.717, 1.165) is 0 Å². The van der Waals surface area contributed by atoms with Crippen LogP contribution in [0.3, 0.4) is 0 Å². The summed E-state index contributed by atoms with van der Waals surface area (Å²) in [6.45, 7) is 5.28. The van der Waals surface area contributed by atoms with E-state index in [0.29, 0.717) is 32.4 Å². The summed E-state index contributed by atoms with van der Waals surface area (Å²) in [5.41, 5.74) is -1.36. The Balaban J connectivity index is 2.62. The van der Waals surface area contributed by atoms with Crippen LogP contribution in [0.2, 0.25) is 0 Å². The smallest absolute Gasteiger partial charge is 0.305 e. The van der Waals surface area contributed by atoms with Crippen molar-refractivity contribution >= 4 is 11.9 Å². The minimum Gasteiger partial charge on any atom is -0.481 e. The fraction of sp³-hybridized carbons (Fsp3) is 0.857. The fourth-order valence-corrected chi connectivity index (χ4v) is 2.51. The molecule has 1 rings (SSSR count). The Kier molecular flexibility index (Phi) is 5.95. The highest BCUT2D eigenvalue weighted by Gasteiger charge is 2.39. The third-order valence-electron chi connectivity index (χ3n) is 3.75. The number of carboxylic acid groups (broad SMARTS) is 1. The summed E-state index contributed by atoms with van der Waals surface area (Å²) in [6.07, 6.45) is 1.25. The van der Waals surface area contributed by atoms with Crippen LogP contribution in [0.1, 0.15) is 39.5 Å². The van der Waals surface area contributed by atoms with Crippen LogP contribution in [-0.4, -0.2) is 58.8 Å². The van der Waals surface area contributed by atoms with Gasteiger partial charge in [-0.2, -0.15) is 0 Å². The monoisotopic (exact) mass is 286 g/mol. The third-order valence-corrected chi connectivity index (χ3v) is 3.75. The standard InChI is InChI=1S/C14H26N2O4/c1-10(2)8-11(9-12(17)18)15-13(19)14(20)4-6-16(3)7-5-14/h10-11,20H,4-9H2,1-3H3,(H,15,19)(H,17,18)/t11-/m0/s1. The lowest BCUT2D eigenvalue weighted by atomic mass is 9.89. The minimum absolute atomic E-state index is 0.111. The zero-order chi connectivity index (χ0) is 15.3. The molecule has 0 aromatic rings. The molecule has 1 aliphatic rings. The average Bonchev–Trinajstić information content (AvgIpc) is 2.31. The summed E-state index contributed by atoms with van der Waals surface area (Å²) < 4.78 is 0. The predicted molar refractivity (Wildman–Crippen MR) is 75.3 cm³/mol. The van der Waals surface area contributed by atoms with Crippen LogP contribution in [0.25, 0.3) is 0 Å². The van der Waals surface area contributed by atoms with Crippen molar-refractivity contribution in [1.29, 1.82) is 0 Å². The molecule has 1 atom stereocenters. The number of carbonyl (C=O) groups is 2. The number of carbonyl (C=O) groups excluding carboxylic acids is 1. The Bertz CT molecular complexity index is 349. The summed E-state index contributed by atoms with van der Waals surface area (Å²) in [7, 11) is 1.95. The zero-order valence-corrected chi connectivity index (χ0v) is 12.6. The number of aliphatic hydroxyl groups is 1. The van der Waals surface area contributed by atoms with E-state index < -0.39 is 23.5 Å². The number of nitrogens with zero attached hydrogens (tertiary/aromatic N) is 1. The molecule has 6 nitrogen and oxygen atoms in total. The number of carboxylic acids is 1. The van der Waals surface area contributed by atoms with E-state index in [-0.39, 0.29) is 12.3 Å². The number of amides is 1. The van der Waals surface area contributed by atoms with Crippen LogP contribution in [0.5, 0.6) is 0 Å². The Morgan fingerprint density at radius 2 is 1.85 bits per heavy atom. The zero-order valence-electron chi connectivity index (χ0n) is 12.6. The highest BCUT2D eigenvalue weighted by molar-refractivity contribution is 5.85. The third kappa shape index (κ3) is 5.09. The molecular formula is C14H26N2O4. The van der Waals surface area contributed by atoms with Gasteiger partial charge >= 0.3 is 5.97 Å². The SMILES string of the molecule is CC(C)C[C@@H](CC(=O)O)NC(=O)C1(O)CCN(C)CC1. The number of likely N-dealkylation sites (tertiary alicyclic amines) is 1. The van der Waals surface area contributed by atoms with Crippen molar-refractivity contribution < 1.29 is 19.8 Å². The summed E-state index contributed by atoms with van der Waals surface area (Å²) in [4.78, 5) is 25.1. The van der Waals surface area contributed by atoms with Crippen molar-refractivity contribution in [2.75, 3.05) is 20.1 Å². The average molecular weight is 286 g/mol. The van der Waals surface area contributed by atoms with Crippen molar-refractivity contribution in [2.24, 2.45) is 5.92 Å². The molecule has 0 spiro atoms. The predicted octanol–water partition coefficient (Wildman–Crippen LogP) is 0.449. The first-order valence-corrected chi connectivity index (χ1v) is 7.16. The first-order valence-electron chi connectivity index (χ1n) is 7.16. The number of aliphatic carboxylic acids is 1. The van der Waals surface area contributed by atoms with E-state index in [4.69, 9.17) is 5.11 Å². The van der Waals surface area contributed by atoms with Crippen LogP contribution in [-0.2, 0) is 9.59 Å². The van der Waals surface area contributed by atoms with Crippen molar-refractivity contribution in [3.8, 4) is 0 Å². The van der Waals surface area contributed by atoms with E-state index in [1.165, 1.54) is 0 Å². The molecule has 0 saturated carbocycles. The van der Waals surface area contributed by atoms with Gasteiger partial charge in [0.05, 0.1) is 6.42 Å². The van der Waals surface area contributed by atoms with Gasteiger partial charge in [-0.15, -0.1) is 0 Å². The van der Waals surface area contributed by atoms with Gasteiger partial charge in [-0.25, -0.2) is 0 Å². The van der Waals surface area contributed by atoms with E-state index in [9.17, 15) is 14.7 Å². The lowest BCUT2D eigenvalue weighted by molar-refractivity contribution is -0.146. The molecular weight excluding hydrogens is 260 g/mol. The van der Waals surface area contributed by atoms with Crippen molar-refractivity contribution in [1.82, 2.24) is 10.2 Å². The molecule has 0 aromatic heterocycles. The largest absolute Gasteiger partial charge is 0.481 e. The fourth-order valence-electron chi connectivity index (χ4n) is 2.51. The molecule has 20 heavy (non-hydrogen) atoms. The van der Waals surface area contributed by atoms with Gasteiger partial charge in [0.15, 0.2) is 0 Å². The lowest BCUT2D eigenvalue weighted by Crippen LogP contribution is -2.55. The molecule has 0 aromatic carbocycles. The maximum atomic E-state index is 12.2. The molecule has 1 aliphatic heterocycles. The molecule has 1 saturated heterocycles. The van der Waals surface area contributed by atoms with E-state index in [1.54, 1.807) is 0 Å². The van der Waals surface area contributed by atoms with Gasteiger partial charge in [0.1, 0.15) is 5.60 Å². The first kappa shape index (κ1) is 16.9. The summed E-state index contributed by atoms with van der Waals surface area (Å²) in [5, 5.41) is 22.0. The highest BCUT2D eigenvalue weighted by atomic mass is 16.4. The molecule has 116 valence electrons. The number of hydrogen-bond acceptors (Lipinski definition) is 4. The summed E-state index contributed by atoms with van der Waals surface area (Å²) in [5.74, 6) is -1.09. The van der Waals surface area contributed by atoms with Gasteiger partial charge in [0, 0.05) is 19.1 Å². The summed E-state index contributed by atoms with van der Waals surface area (Å²) >= 11 is 0. The van der Waals surface area contributed by atoms with Crippen LogP contribution in [0.15, 0.2) is 0 Å². The molecule has 0 aliphatic carbocycles. The van der Waals surface area contributed by atoms with Crippen molar-refractivity contribution in [3.05, 3.63) is 0 Å². The van der Waals surface area contributed by atoms with Crippen LogP contribution >= 0.6 is 0 Å². The lowest BCUT2D eigenvalue weighted by Gasteiger charge is -2.36. The number of piperidine rings is 1. The number of hydrogen-bond donors (Lipinski definition) is 3. The maximum Gasteiger partial charge on any atom is 0.305 e. The van der Waals surface area contributed by atoms with Crippen molar-refractivity contribution in [3.63, 3.8) is 0 Å². The maximum absolute atomic E-state index is 12.2. The molecule has 0 radical (unpaired) electrons. The second-order valence-corrected chi connectivity index (χ2v) is 6.23. The van der Waals surface area contributed by atoms with Gasteiger partial charge < -0.3 is 20.4 Å².